The number of amides is 2. The van der Waals surface area contributed by atoms with Gasteiger partial charge in [0.1, 0.15) is 0 Å². The summed E-state index contributed by atoms with van der Waals surface area (Å²) < 4.78 is 0. The summed E-state index contributed by atoms with van der Waals surface area (Å²) in [6, 6.07) is 1.43. The Balaban J connectivity index is 2.24. The molecule has 1 heterocycles. The van der Waals surface area contributed by atoms with E-state index in [4.69, 9.17) is 10.2 Å². The van der Waals surface area contributed by atoms with Crippen LogP contribution in [-0.4, -0.2) is 34.9 Å². The molecule has 0 spiro atoms. The first-order valence-electron chi connectivity index (χ1n) is 5.48. The van der Waals surface area contributed by atoms with Gasteiger partial charge in [0.2, 0.25) is 0 Å². The number of carbonyl (C=O) groups is 2. The largest absolute Gasteiger partial charge is 0.479 e. The number of thiophene rings is 1. The van der Waals surface area contributed by atoms with Gasteiger partial charge in [-0.1, -0.05) is 0 Å². The van der Waals surface area contributed by atoms with E-state index in [0.29, 0.717) is 0 Å². The number of nitrogens with one attached hydrogen (secondary N) is 2. The Morgan fingerprint density at radius 2 is 2.22 bits per heavy atom. The van der Waals surface area contributed by atoms with Crippen LogP contribution in [0.5, 0.6) is 0 Å². The molecule has 1 aromatic rings. The number of carboxylic acids is 1. The molecule has 0 saturated carbocycles. The topological polar surface area (TPSA) is 98.7 Å². The van der Waals surface area contributed by atoms with Gasteiger partial charge in [-0.05, 0) is 29.3 Å². The summed E-state index contributed by atoms with van der Waals surface area (Å²) in [5.74, 6) is -1.29. The molecule has 0 aromatic carbocycles. The molecule has 2 atom stereocenters. The minimum absolute atomic E-state index is 0.0183. The van der Waals surface area contributed by atoms with E-state index >= 15 is 0 Å². The molecule has 0 radical (unpaired) electrons. The van der Waals surface area contributed by atoms with Gasteiger partial charge in [-0.25, -0.2) is 9.59 Å². The highest BCUT2D eigenvalue weighted by atomic mass is 32.1. The van der Waals surface area contributed by atoms with Crippen molar-refractivity contribution in [1.82, 2.24) is 10.6 Å². The summed E-state index contributed by atoms with van der Waals surface area (Å²) in [6.45, 7) is 1.96. The fraction of sp³-hybridized carbons (Fsp3) is 0.455. The van der Waals surface area contributed by atoms with Crippen molar-refractivity contribution in [1.29, 1.82) is 0 Å². The molecule has 100 valence electrons. The summed E-state index contributed by atoms with van der Waals surface area (Å²) in [6.07, 6.45) is -1.46. The molecule has 0 bridgehead atoms. The number of hydrogen-bond donors (Lipinski definition) is 4. The first-order valence-corrected chi connectivity index (χ1v) is 6.42. The van der Waals surface area contributed by atoms with Crippen LogP contribution < -0.4 is 10.6 Å². The van der Waals surface area contributed by atoms with E-state index in [1.807, 2.05) is 23.8 Å². The van der Waals surface area contributed by atoms with Crippen LogP contribution in [0.25, 0.3) is 0 Å². The van der Waals surface area contributed by atoms with Crippen molar-refractivity contribution in [2.75, 3.05) is 6.54 Å². The molecule has 2 amide bonds. The monoisotopic (exact) mass is 272 g/mol. The van der Waals surface area contributed by atoms with E-state index in [0.717, 1.165) is 5.56 Å². The molecule has 2 unspecified atom stereocenters. The van der Waals surface area contributed by atoms with Crippen molar-refractivity contribution in [2.24, 2.45) is 0 Å². The standard InChI is InChI=1S/C11H16N2O4S/c1-7(8-3-5-18-6-8)13-11(17)12-4-2-9(14)10(15)16/h3,5-7,9,14H,2,4H2,1H3,(H,15,16)(H2,12,13,17). The second kappa shape index (κ2) is 6.97. The Hall–Kier alpha value is -1.60. The number of urea groups is 1. The number of aliphatic hydroxyl groups excluding tert-OH is 1. The SMILES string of the molecule is CC(NC(=O)NCCC(O)C(=O)O)c1ccsc1. The quantitative estimate of drug-likeness (QED) is 0.619. The summed E-state index contributed by atoms with van der Waals surface area (Å²) >= 11 is 1.55. The maximum absolute atomic E-state index is 11.5. The number of aliphatic hydroxyl groups is 1. The van der Waals surface area contributed by atoms with Gasteiger partial charge in [0.25, 0.3) is 0 Å². The Morgan fingerprint density at radius 1 is 1.50 bits per heavy atom. The summed E-state index contributed by atoms with van der Waals surface area (Å²) in [4.78, 5) is 21.8. The van der Waals surface area contributed by atoms with Crippen molar-refractivity contribution >= 4 is 23.3 Å². The molecule has 1 aromatic heterocycles. The average Bonchev–Trinajstić information content (AvgIpc) is 2.81. The third-order valence-corrected chi connectivity index (χ3v) is 3.08. The second-order valence-electron chi connectivity index (χ2n) is 3.82. The van der Waals surface area contributed by atoms with E-state index in [2.05, 4.69) is 10.6 Å². The van der Waals surface area contributed by atoms with Gasteiger partial charge >= 0.3 is 12.0 Å². The van der Waals surface area contributed by atoms with Crippen molar-refractivity contribution in [3.63, 3.8) is 0 Å². The summed E-state index contributed by atoms with van der Waals surface area (Å²) in [5, 5.41) is 26.5. The van der Waals surface area contributed by atoms with Crippen LogP contribution in [0.3, 0.4) is 0 Å². The minimum Gasteiger partial charge on any atom is -0.479 e. The fourth-order valence-electron chi connectivity index (χ4n) is 1.30. The molecule has 1 rings (SSSR count). The molecular formula is C11H16N2O4S. The molecule has 18 heavy (non-hydrogen) atoms. The Kier molecular flexibility index (Phi) is 5.60. The predicted molar refractivity (Wildman–Crippen MR) is 67.5 cm³/mol. The predicted octanol–water partition coefficient (Wildman–Crippen LogP) is 0.944. The number of hydrogen-bond acceptors (Lipinski definition) is 4. The number of carbonyl (C=O) groups excluding carboxylic acids is 1. The van der Waals surface area contributed by atoms with Gasteiger partial charge in [-0.15, -0.1) is 0 Å². The van der Waals surface area contributed by atoms with Crippen LogP contribution in [0.1, 0.15) is 24.9 Å². The maximum Gasteiger partial charge on any atom is 0.332 e. The lowest BCUT2D eigenvalue weighted by molar-refractivity contribution is -0.146. The average molecular weight is 272 g/mol. The highest BCUT2D eigenvalue weighted by molar-refractivity contribution is 7.07. The fourth-order valence-corrected chi connectivity index (χ4v) is 2.05. The smallest absolute Gasteiger partial charge is 0.332 e. The van der Waals surface area contributed by atoms with E-state index < -0.39 is 12.1 Å². The lowest BCUT2D eigenvalue weighted by atomic mass is 10.2. The van der Waals surface area contributed by atoms with Gasteiger partial charge in [0.15, 0.2) is 6.10 Å². The zero-order chi connectivity index (χ0) is 13.5. The maximum atomic E-state index is 11.5. The third kappa shape index (κ3) is 4.72. The number of rotatable bonds is 6. The first kappa shape index (κ1) is 14.5. The molecule has 0 saturated heterocycles. The molecule has 4 N–H and O–H groups in total. The van der Waals surface area contributed by atoms with Crippen LogP contribution in [0, 0.1) is 0 Å². The van der Waals surface area contributed by atoms with Crippen LogP contribution in [0.4, 0.5) is 4.79 Å². The Labute approximate surface area is 109 Å². The van der Waals surface area contributed by atoms with Crippen LogP contribution >= 0.6 is 11.3 Å². The van der Waals surface area contributed by atoms with E-state index in [-0.39, 0.29) is 25.0 Å². The van der Waals surface area contributed by atoms with Gasteiger partial charge in [-0.2, -0.15) is 11.3 Å². The minimum atomic E-state index is -1.44. The third-order valence-electron chi connectivity index (χ3n) is 2.38. The molecule has 0 aliphatic rings. The Morgan fingerprint density at radius 3 is 2.78 bits per heavy atom. The summed E-state index contributed by atoms with van der Waals surface area (Å²) in [5.41, 5.74) is 1.01. The van der Waals surface area contributed by atoms with Gasteiger partial charge in [-0.3, -0.25) is 0 Å². The van der Waals surface area contributed by atoms with Gasteiger partial charge in [0.05, 0.1) is 6.04 Å². The highest BCUT2D eigenvalue weighted by Gasteiger charge is 2.13. The van der Waals surface area contributed by atoms with Crippen LogP contribution in [0.15, 0.2) is 16.8 Å². The normalized spacial score (nSPS) is 13.7. The van der Waals surface area contributed by atoms with Crippen LogP contribution in [0.2, 0.25) is 0 Å². The molecule has 0 aliphatic carbocycles. The zero-order valence-corrected chi connectivity index (χ0v) is 10.7. The van der Waals surface area contributed by atoms with E-state index in [1.54, 1.807) is 11.3 Å². The van der Waals surface area contributed by atoms with Crippen molar-refractivity contribution in [3.8, 4) is 0 Å². The molecule has 0 fully saturated rings. The molecule has 7 heteroatoms. The van der Waals surface area contributed by atoms with E-state index in [9.17, 15) is 9.59 Å². The lowest BCUT2D eigenvalue weighted by Gasteiger charge is -2.14. The number of carboxylic acid groups (broad SMARTS) is 1. The number of aliphatic carboxylic acids is 1. The van der Waals surface area contributed by atoms with Crippen molar-refractivity contribution < 1.29 is 19.8 Å². The molecular weight excluding hydrogens is 256 g/mol. The zero-order valence-electron chi connectivity index (χ0n) is 9.92. The van der Waals surface area contributed by atoms with Crippen molar-refractivity contribution in [3.05, 3.63) is 22.4 Å². The van der Waals surface area contributed by atoms with Gasteiger partial charge < -0.3 is 20.8 Å². The molecule has 6 nitrogen and oxygen atoms in total. The molecule has 0 aliphatic heterocycles. The van der Waals surface area contributed by atoms with E-state index in [1.165, 1.54) is 0 Å². The lowest BCUT2D eigenvalue weighted by Crippen LogP contribution is -2.38. The van der Waals surface area contributed by atoms with Gasteiger partial charge in [0, 0.05) is 13.0 Å². The second-order valence-corrected chi connectivity index (χ2v) is 4.60. The Bertz CT molecular complexity index is 394. The van der Waals surface area contributed by atoms with Crippen molar-refractivity contribution in [2.45, 2.75) is 25.5 Å². The summed E-state index contributed by atoms with van der Waals surface area (Å²) in [7, 11) is 0. The highest BCUT2D eigenvalue weighted by Crippen LogP contribution is 2.14. The first-order chi connectivity index (χ1) is 8.50. The van der Waals surface area contributed by atoms with Crippen LogP contribution in [-0.2, 0) is 4.79 Å².